The van der Waals surface area contributed by atoms with Crippen molar-refractivity contribution in [1.29, 1.82) is 0 Å². The first-order chi connectivity index (χ1) is 17.2. The molecular formula is C24H22F3N5O4. The van der Waals surface area contributed by atoms with Crippen LogP contribution in [0, 0.1) is 0 Å². The van der Waals surface area contributed by atoms with Gasteiger partial charge in [0.25, 0.3) is 0 Å². The predicted octanol–water partition coefficient (Wildman–Crippen LogP) is 3.80. The van der Waals surface area contributed by atoms with E-state index in [0.29, 0.717) is 11.3 Å². The molecule has 0 bridgehead atoms. The highest BCUT2D eigenvalue weighted by Gasteiger charge is 2.44. The van der Waals surface area contributed by atoms with Crippen LogP contribution in [0.2, 0.25) is 0 Å². The molecule has 0 spiro atoms. The van der Waals surface area contributed by atoms with Crippen LogP contribution in [0.15, 0.2) is 67.3 Å². The van der Waals surface area contributed by atoms with E-state index in [2.05, 4.69) is 25.9 Å². The molecule has 0 radical (unpaired) electrons. The van der Waals surface area contributed by atoms with Crippen LogP contribution in [-0.4, -0.2) is 40.7 Å². The fraction of sp³-hybridized carbons (Fsp3) is 0.250. The minimum atomic E-state index is -4.48. The fourth-order valence-electron chi connectivity index (χ4n) is 3.62. The summed E-state index contributed by atoms with van der Waals surface area (Å²) in [6, 6.07) is 11.8. The summed E-state index contributed by atoms with van der Waals surface area (Å²) in [6.45, 7) is 0.381. The Morgan fingerprint density at radius 3 is 2.44 bits per heavy atom. The molecule has 3 aromatic rings. The number of benzene rings is 2. The molecule has 2 aromatic carbocycles. The summed E-state index contributed by atoms with van der Waals surface area (Å²) >= 11 is 0. The zero-order valence-corrected chi connectivity index (χ0v) is 18.8. The second-order valence-electron chi connectivity index (χ2n) is 8.02. The number of para-hydroxylation sites is 1. The Balaban J connectivity index is 1.36. The highest BCUT2D eigenvalue weighted by atomic mass is 19.4. The molecule has 2 amide bonds. The Morgan fingerprint density at radius 1 is 1.06 bits per heavy atom. The number of carbonyl (C=O) groups is 2. The van der Waals surface area contributed by atoms with Gasteiger partial charge in [-0.2, -0.15) is 13.2 Å². The van der Waals surface area contributed by atoms with Gasteiger partial charge in [0, 0.05) is 25.3 Å². The molecule has 4 rings (SSSR count). The van der Waals surface area contributed by atoms with Crippen LogP contribution in [0.25, 0.3) is 0 Å². The lowest BCUT2D eigenvalue weighted by Crippen LogP contribution is -2.59. The molecule has 1 aliphatic rings. The third-order valence-corrected chi connectivity index (χ3v) is 5.46. The van der Waals surface area contributed by atoms with Crippen molar-refractivity contribution in [3.8, 4) is 5.75 Å². The smallest absolute Gasteiger partial charge is 0.407 e. The third kappa shape index (κ3) is 6.08. The lowest BCUT2D eigenvalue weighted by atomic mass is 9.97. The largest absolute Gasteiger partial charge is 0.418 e. The Kier molecular flexibility index (Phi) is 7.34. The van der Waals surface area contributed by atoms with E-state index < -0.39 is 29.3 Å². The number of ether oxygens (including phenoxy) is 2. The molecule has 1 fully saturated rings. The van der Waals surface area contributed by atoms with Crippen molar-refractivity contribution < 1.29 is 32.2 Å². The molecule has 0 unspecified atom stereocenters. The molecule has 188 valence electrons. The number of nitrogens with zero attached hydrogens (tertiary/aromatic N) is 2. The van der Waals surface area contributed by atoms with Crippen LogP contribution in [0.4, 0.5) is 29.3 Å². The van der Waals surface area contributed by atoms with E-state index in [0.717, 1.165) is 6.07 Å². The zero-order valence-electron chi connectivity index (χ0n) is 18.8. The fourth-order valence-corrected chi connectivity index (χ4v) is 3.62. The van der Waals surface area contributed by atoms with Crippen LogP contribution < -0.4 is 20.7 Å². The number of anilines is 2. The van der Waals surface area contributed by atoms with E-state index in [1.165, 1.54) is 36.9 Å². The summed E-state index contributed by atoms with van der Waals surface area (Å²) in [5.74, 6) is -0.335. The number of halogens is 3. The number of amides is 2. The van der Waals surface area contributed by atoms with E-state index >= 15 is 0 Å². The van der Waals surface area contributed by atoms with Gasteiger partial charge in [-0.3, -0.25) is 4.79 Å². The molecule has 36 heavy (non-hydrogen) atoms. The monoisotopic (exact) mass is 501 g/mol. The summed E-state index contributed by atoms with van der Waals surface area (Å²) < 4.78 is 50.1. The predicted molar refractivity (Wildman–Crippen MR) is 122 cm³/mol. The average molecular weight is 501 g/mol. The maximum Gasteiger partial charge on any atom is 0.418 e. The van der Waals surface area contributed by atoms with E-state index in [9.17, 15) is 22.8 Å². The first kappa shape index (κ1) is 24.9. The number of nitrogens with one attached hydrogen (secondary N) is 3. The maximum absolute atomic E-state index is 13.2. The molecule has 1 saturated heterocycles. The summed E-state index contributed by atoms with van der Waals surface area (Å²) in [6.07, 6.45) is -1.17. The summed E-state index contributed by atoms with van der Waals surface area (Å²) in [5.41, 5.74) is -0.978. The first-order valence-electron chi connectivity index (χ1n) is 10.9. The van der Waals surface area contributed by atoms with Crippen molar-refractivity contribution in [2.45, 2.75) is 24.7 Å². The van der Waals surface area contributed by atoms with Crippen molar-refractivity contribution in [3.05, 3.63) is 78.4 Å². The molecule has 0 aliphatic carbocycles. The minimum Gasteiger partial charge on any atom is -0.407 e. The number of aromatic nitrogens is 2. The standard InChI is InChI=1S/C24H22F3N5O4/c25-24(26,27)19-3-1-2-4-20(19)31-17-7-5-16(6-8-17)11-30-21(33)23(9-10-35-14-23)32-22(34)36-18-12-28-15-29-13-18/h1-8,12-13,15,31H,9-11,14H2,(H,30,33)(H,32,34)/t23-/m0/s1. The summed E-state index contributed by atoms with van der Waals surface area (Å²) in [4.78, 5) is 32.8. The van der Waals surface area contributed by atoms with Gasteiger partial charge in [0.15, 0.2) is 5.75 Å². The zero-order chi connectivity index (χ0) is 25.6. The minimum absolute atomic E-state index is 0.0271. The van der Waals surface area contributed by atoms with Crippen molar-refractivity contribution in [2.24, 2.45) is 0 Å². The van der Waals surface area contributed by atoms with Gasteiger partial charge in [-0.1, -0.05) is 24.3 Å². The Hall–Kier alpha value is -4.19. The van der Waals surface area contributed by atoms with Gasteiger partial charge in [0.1, 0.15) is 11.9 Å². The van der Waals surface area contributed by atoms with Crippen molar-refractivity contribution >= 4 is 23.4 Å². The maximum atomic E-state index is 13.2. The molecule has 1 aliphatic heterocycles. The second kappa shape index (κ2) is 10.6. The van der Waals surface area contributed by atoms with Crippen LogP contribution in [-0.2, 0) is 22.3 Å². The molecule has 1 aromatic heterocycles. The van der Waals surface area contributed by atoms with E-state index in [-0.39, 0.29) is 37.6 Å². The van der Waals surface area contributed by atoms with E-state index in [4.69, 9.17) is 9.47 Å². The molecule has 9 nitrogen and oxygen atoms in total. The topological polar surface area (TPSA) is 114 Å². The third-order valence-electron chi connectivity index (χ3n) is 5.46. The molecule has 2 heterocycles. The van der Waals surface area contributed by atoms with Crippen LogP contribution in [0.5, 0.6) is 5.75 Å². The SMILES string of the molecule is O=C(N[C@@]1(C(=O)NCc2ccc(Nc3ccccc3C(F)(F)F)cc2)CCOC1)Oc1cncnc1. The molecule has 1 atom stereocenters. The molecular weight excluding hydrogens is 479 g/mol. The Labute approximate surface area is 204 Å². The number of hydrogen-bond acceptors (Lipinski definition) is 7. The van der Waals surface area contributed by atoms with Gasteiger partial charge < -0.3 is 25.4 Å². The van der Waals surface area contributed by atoms with Gasteiger partial charge in [-0.25, -0.2) is 14.8 Å². The number of hydrogen-bond donors (Lipinski definition) is 3. The van der Waals surface area contributed by atoms with Crippen LogP contribution in [0.3, 0.4) is 0 Å². The quantitative estimate of drug-likeness (QED) is 0.451. The number of carbonyl (C=O) groups excluding carboxylic acids is 2. The lowest BCUT2D eigenvalue weighted by molar-refractivity contribution is -0.137. The lowest BCUT2D eigenvalue weighted by Gasteiger charge is -2.27. The normalized spacial score (nSPS) is 17.3. The Morgan fingerprint density at radius 2 is 1.78 bits per heavy atom. The highest BCUT2D eigenvalue weighted by Crippen LogP contribution is 2.35. The van der Waals surface area contributed by atoms with Gasteiger partial charge >= 0.3 is 12.3 Å². The van der Waals surface area contributed by atoms with E-state index in [1.807, 2.05) is 0 Å². The van der Waals surface area contributed by atoms with Crippen LogP contribution in [0.1, 0.15) is 17.5 Å². The molecule has 3 N–H and O–H groups in total. The number of alkyl halides is 3. The van der Waals surface area contributed by atoms with Gasteiger partial charge in [0.2, 0.25) is 5.91 Å². The molecule has 12 heteroatoms. The van der Waals surface area contributed by atoms with Gasteiger partial charge in [0.05, 0.1) is 30.3 Å². The van der Waals surface area contributed by atoms with Gasteiger partial charge in [-0.05, 0) is 29.8 Å². The Bertz CT molecular complexity index is 1200. The van der Waals surface area contributed by atoms with Crippen LogP contribution >= 0.6 is 0 Å². The average Bonchev–Trinajstić information content (AvgIpc) is 3.33. The summed E-state index contributed by atoms with van der Waals surface area (Å²) in [5, 5.41) is 8.11. The summed E-state index contributed by atoms with van der Waals surface area (Å²) in [7, 11) is 0. The van der Waals surface area contributed by atoms with Crippen molar-refractivity contribution in [1.82, 2.24) is 20.6 Å². The van der Waals surface area contributed by atoms with Crippen molar-refractivity contribution in [2.75, 3.05) is 18.5 Å². The number of rotatable bonds is 7. The second-order valence-corrected chi connectivity index (χ2v) is 8.02. The highest BCUT2D eigenvalue weighted by molar-refractivity contribution is 5.90. The van der Waals surface area contributed by atoms with Crippen molar-refractivity contribution in [3.63, 3.8) is 0 Å². The molecule has 0 saturated carbocycles. The van der Waals surface area contributed by atoms with Gasteiger partial charge in [-0.15, -0.1) is 0 Å². The first-order valence-corrected chi connectivity index (χ1v) is 10.9. The van der Waals surface area contributed by atoms with E-state index in [1.54, 1.807) is 24.3 Å².